The fraction of sp³-hybridized carbons (Fsp3) is 0.357. The molecule has 1 heterocycles. The van der Waals surface area contributed by atoms with Crippen LogP contribution in [0.4, 0.5) is 0 Å². The van der Waals surface area contributed by atoms with E-state index in [1.54, 1.807) is 6.92 Å². The Morgan fingerprint density at radius 1 is 1.47 bits per heavy atom. The summed E-state index contributed by atoms with van der Waals surface area (Å²) in [6.07, 6.45) is 0.943. The number of hydrogen-bond acceptors (Lipinski definition) is 1. The van der Waals surface area contributed by atoms with Gasteiger partial charge in [-0.1, -0.05) is 25.1 Å². The minimum atomic E-state index is -0.794. The van der Waals surface area contributed by atoms with E-state index in [9.17, 15) is 4.79 Å². The lowest BCUT2D eigenvalue weighted by Gasteiger charge is -2.04. The highest BCUT2D eigenvalue weighted by atomic mass is 16.4. The number of fused-ring (bicyclic) bond motifs is 1. The lowest BCUT2D eigenvalue weighted by molar-refractivity contribution is -0.138. The van der Waals surface area contributed by atoms with Gasteiger partial charge in [-0.15, -0.1) is 0 Å². The first-order valence-electron chi connectivity index (χ1n) is 5.89. The average molecular weight is 231 g/mol. The molecule has 0 radical (unpaired) electrons. The molecule has 90 valence electrons. The molecule has 1 atom stereocenters. The molecule has 0 saturated carbocycles. The lowest BCUT2D eigenvalue weighted by atomic mass is 10.0. The Balaban J connectivity index is 2.68. The number of carboxylic acids is 1. The summed E-state index contributed by atoms with van der Waals surface area (Å²) in [7, 11) is 0. The van der Waals surface area contributed by atoms with E-state index in [4.69, 9.17) is 5.11 Å². The minimum absolute atomic E-state index is 0.493. The monoisotopic (exact) mass is 231 g/mol. The van der Waals surface area contributed by atoms with Crippen LogP contribution in [0.25, 0.3) is 10.9 Å². The molecular weight excluding hydrogens is 214 g/mol. The number of H-pyrrole nitrogens is 1. The lowest BCUT2D eigenvalue weighted by Crippen LogP contribution is -2.08. The number of carbonyl (C=O) groups is 1. The molecule has 0 aliphatic carbocycles. The normalized spacial score (nSPS) is 12.9. The highest BCUT2D eigenvalue weighted by Crippen LogP contribution is 2.29. The van der Waals surface area contributed by atoms with Gasteiger partial charge in [0.2, 0.25) is 0 Å². The highest BCUT2D eigenvalue weighted by Gasteiger charge is 2.20. The van der Waals surface area contributed by atoms with Gasteiger partial charge in [0.15, 0.2) is 0 Å². The molecule has 0 saturated heterocycles. The van der Waals surface area contributed by atoms with E-state index < -0.39 is 11.9 Å². The van der Waals surface area contributed by atoms with Gasteiger partial charge < -0.3 is 10.1 Å². The number of aromatic amines is 1. The van der Waals surface area contributed by atoms with Crippen molar-refractivity contribution in [1.29, 1.82) is 0 Å². The van der Waals surface area contributed by atoms with Crippen LogP contribution in [0.5, 0.6) is 0 Å². The van der Waals surface area contributed by atoms with Crippen LogP contribution in [-0.4, -0.2) is 16.1 Å². The van der Waals surface area contributed by atoms with Gasteiger partial charge in [0.1, 0.15) is 0 Å². The first kappa shape index (κ1) is 11.7. The molecule has 2 N–H and O–H groups in total. The topological polar surface area (TPSA) is 53.1 Å². The van der Waals surface area contributed by atoms with E-state index >= 15 is 0 Å². The van der Waals surface area contributed by atoms with Gasteiger partial charge in [0.25, 0.3) is 0 Å². The number of carboxylic acid groups (broad SMARTS) is 1. The van der Waals surface area contributed by atoms with Crippen molar-refractivity contribution in [2.75, 3.05) is 0 Å². The smallest absolute Gasteiger partial charge is 0.312 e. The summed E-state index contributed by atoms with van der Waals surface area (Å²) in [5.41, 5.74) is 4.17. The fourth-order valence-corrected chi connectivity index (χ4v) is 2.28. The fourth-order valence-electron chi connectivity index (χ4n) is 2.28. The molecule has 2 rings (SSSR count). The van der Waals surface area contributed by atoms with Crippen LogP contribution in [0.15, 0.2) is 18.2 Å². The van der Waals surface area contributed by atoms with Crippen LogP contribution in [0.2, 0.25) is 0 Å². The number of aliphatic carboxylic acids is 1. The van der Waals surface area contributed by atoms with E-state index in [1.807, 2.05) is 19.1 Å². The molecule has 3 heteroatoms. The second-order valence-electron chi connectivity index (χ2n) is 4.42. The van der Waals surface area contributed by atoms with E-state index in [1.165, 1.54) is 5.56 Å². The zero-order valence-electron chi connectivity index (χ0n) is 10.4. The van der Waals surface area contributed by atoms with Crippen LogP contribution < -0.4 is 0 Å². The zero-order valence-corrected chi connectivity index (χ0v) is 10.4. The maximum Gasteiger partial charge on any atom is 0.312 e. The number of aromatic nitrogens is 1. The van der Waals surface area contributed by atoms with Crippen LogP contribution in [0.3, 0.4) is 0 Å². The molecule has 0 fully saturated rings. The Kier molecular flexibility index (Phi) is 2.92. The Hall–Kier alpha value is -1.77. The molecule has 3 nitrogen and oxygen atoms in total. The van der Waals surface area contributed by atoms with Gasteiger partial charge in [-0.05, 0) is 31.4 Å². The predicted octanol–water partition coefficient (Wildman–Crippen LogP) is 3.23. The summed E-state index contributed by atoms with van der Waals surface area (Å²) in [5, 5.41) is 10.2. The van der Waals surface area contributed by atoms with Gasteiger partial charge in [0, 0.05) is 16.6 Å². The summed E-state index contributed by atoms with van der Waals surface area (Å²) in [5.74, 6) is -1.29. The summed E-state index contributed by atoms with van der Waals surface area (Å²) in [6.45, 7) is 5.80. The van der Waals surface area contributed by atoms with Crippen LogP contribution in [0.1, 0.15) is 36.6 Å². The van der Waals surface area contributed by atoms with Gasteiger partial charge in [-0.25, -0.2) is 0 Å². The first-order valence-corrected chi connectivity index (χ1v) is 5.89. The second-order valence-corrected chi connectivity index (χ2v) is 4.42. The van der Waals surface area contributed by atoms with E-state index in [2.05, 4.69) is 18.0 Å². The Bertz CT molecular complexity index is 569. The average Bonchev–Trinajstić information content (AvgIpc) is 2.66. The van der Waals surface area contributed by atoms with Crippen molar-refractivity contribution < 1.29 is 9.90 Å². The number of para-hydroxylation sites is 1. The van der Waals surface area contributed by atoms with Gasteiger partial charge in [0.05, 0.1) is 5.92 Å². The van der Waals surface area contributed by atoms with E-state index in [0.717, 1.165) is 28.6 Å². The third-order valence-corrected chi connectivity index (χ3v) is 3.40. The van der Waals surface area contributed by atoms with Crippen LogP contribution >= 0.6 is 0 Å². The number of benzene rings is 1. The quantitative estimate of drug-likeness (QED) is 0.852. The van der Waals surface area contributed by atoms with E-state index in [0.29, 0.717) is 0 Å². The summed E-state index contributed by atoms with van der Waals surface area (Å²) in [6, 6.07) is 6.14. The molecule has 0 aliphatic rings. The van der Waals surface area contributed by atoms with Crippen molar-refractivity contribution in [1.82, 2.24) is 4.98 Å². The van der Waals surface area contributed by atoms with Crippen LogP contribution in [-0.2, 0) is 11.2 Å². The van der Waals surface area contributed by atoms with Crippen LogP contribution in [0, 0.1) is 6.92 Å². The SMILES string of the molecule is CCc1cccc2c(C)c(C(C)C(=O)O)[nH]c12. The van der Waals surface area contributed by atoms with Crippen molar-refractivity contribution in [3.8, 4) is 0 Å². The molecule has 1 aromatic carbocycles. The highest BCUT2D eigenvalue weighted by molar-refractivity contribution is 5.89. The number of nitrogens with one attached hydrogen (secondary N) is 1. The first-order chi connectivity index (χ1) is 8.06. The minimum Gasteiger partial charge on any atom is -0.481 e. The molecule has 2 aromatic rings. The number of hydrogen-bond donors (Lipinski definition) is 2. The predicted molar refractivity (Wildman–Crippen MR) is 68.5 cm³/mol. The largest absolute Gasteiger partial charge is 0.481 e. The molecule has 0 aliphatic heterocycles. The summed E-state index contributed by atoms with van der Waals surface area (Å²) >= 11 is 0. The molecule has 0 spiro atoms. The van der Waals surface area contributed by atoms with Gasteiger partial charge in [-0.3, -0.25) is 4.79 Å². The van der Waals surface area contributed by atoms with Crippen molar-refractivity contribution in [3.63, 3.8) is 0 Å². The van der Waals surface area contributed by atoms with Crippen molar-refractivity contribution in [2.45, 2.75) is 33.1 Å². The third kappa shape index (κ3) is 1.82. The summed E-state index contributed by atoms with van der Waals surface area (Å²) in [4.78, 5) is 14.3. The maximum atomic E-state index is 11.1. The van der Waals surface area contributed by atoms with Gasteiger partial charge >= 0.3 is 5.97 Å². The Labute approximate surface area is 100 Å². The number of rotatable bonds is 3. The van der Waals surface area contributed by atoms with Crippen molar-refractivity contribution in [3.05, 3.63) is 35.0 Å². The van der Waals surface area contributed by atoms with Crippen molar-refractivity contribution in [2.24, 2.45) is 0 Å². The molecule has 17 heavy (non-hydrogen) atoms. The second kappa shape index (κ2) is 4.24. The van der Waals surface area contributed by atoms with E-state index in [-0.39, 0.29) is 0 Å². The number of aryl methyl sites for hydroxylation is 2. The molecule has 1 unspecified atom stereocenters. The Morgan fingerprint density at radius 3 is 2.76 bits per heavy atom. The van der Waals surface area contributed by atoms with Crippen molar-refractivity contribution >= 4 is 16.9 Å². The van der Waals surface area contributed by atoms with Gasteiger partial charge in [-0.2, -0.15) is 0 Å². The Morgan fingerprint density at radius 2 is 2.18 bits per heavy atom. The summed E-state index contributed by atoms with van der Waals surface area (Å²) < 4.78 is 0. The molecule has 0 bridgehead atoms. The molecular formula is C14H17NO2. The third-order valence-electron chi connectivity index (χ3n) is 3.40. The molecule has 1 aromatic heterocycles. The maximum absolute atomic E-state index is 11.1. The molecule has 0 amide bonds. The standard InChI is InChI=1S/C14H17NO2/c1-4-10-6-5-7-11-8(2)12(15-13(10)11)9(3)14(16)17/h5-7,9,15H,4H2,1-3H3,(H,16,17). The zero-order chi connectivity index (χ0) is 12.6.